The molecule has 1 aromatic carbocycles. The summed E-state index contributed by atoms with van der Waals surface area (Å²) in [5.41, 5.74) is 2.92. The quantitative estimate of drug-likeness (QED) is 0.876. The molecule has 1 fully saturated rings. The summed E-state index contributed by atoms with van der Waals surface area (Å²) in [4.78, 5) is 39.2. The maximum Gasteiger partial charge on any atom is 0.256 e. The molecule has 2 aliphatic rings. The molecule has 0 radical (unpaired) electrons. The van der Waals surface area contributed by atoms with Gasteiger partial charge in [0.2, 0.25) is 11.8 Å². The molecule has 2 N–H and O–H groups in total. The number of aromatic nitrogens is 2. The monoisotopic (exact) mass is 353 g/mol. The van der Waals surface area contributed by atoms with E-state index in [4.69, 9.17) is 0 Å². The number of carbonyl (C=O) groups excluding carboxylic acids is 3. The van der Waals surface area contributed by atoms with Gasteiger partial charge in [0, 0.05) is 36.7 Å². The molecule has 134 valence electrons. The van der Waals surface area contributed by atoms with E-state index >= 15 is 0 Å². The minimum absolute atomic E-state index is 0.0210. The molecule has 0 bridgehead atoms. The van der Waals surface area contributed by atoms with Crippen molar-refractivity contribution in [3.05, 3.63) is 41.1 Å². The number of fused-ring (bicyclic) bond motifs is 1. The highest BCUT2D eigenvalue weighted by Gasteiger charge is 2.27. The minimum atomic E-state index is -0.267. The van der Waals surface area contributed by atoms with Gasteiger partial charge in [-0.05, 0) is 30.7 Å². The molecule has 0 atom stereocenters. The molecule has 3 heterocycles. The van der Waals surface area contributed by atoms with Crippen LogP contribution in [0.2, 0.25) is 0 Å². The Morgan fingerprint density at radius 3 is 2.62 bits per heavy atom. The Balaban J connectivity index is 1.46. The predicted octanol–water partition coefficient (Wildman–Crippen LogP) is 1.65. The lowest BCUT2D eigenvalue weighted by Gasteiger charge is -2.16. The van der Waals surface area contributed by atoms with Crippen molar-refractivity contribution in [1.29, 1.82) is 0 Å². The van der Waals surface area contributed by atoms with E-state index in [1.807, 2.05) is 0 Å². The van der Waals surface area contributed by atoms with Gasteiger partial charge >= 0.3 is 0 Å². The number of H-pyrrole nitrogens is 1. The second-order valence-corrected chi connectivity index (χ2v) is 6.55. The van der Waals surface area contributed by atoms with Crippen molar-refractivity contribution in [2.24, 2.45) is 0 Å². The molecular weight excluding hydrogens is 334 g/mol. The summed E-state index contributed by atoms with van der Waals surface area (Å²) in [7, 11) is 0. The summed E-state index contributed by atoms with van der Waals surface area (Å²) in [6.45, 7) is 3.13. The molecule has 0 saturated carbocycles. The number of hydrogen-bond acceptors (Lipinski definition) is 4. The van der Waals surface area contributed by atoms with Gasteiger partial charge in [-0.2, -0.15) is 5.10 Å². The number of nitrogens with one attached hydrogen (secondary N) is 2. The van der Waals surface area contributed by atoms with Gasteiger partial charge < -0.3 is 15.1 Å². The third-order valence-electron chi connectivity index (χ3n) is 4.84. The highest BCUT2D eigenvalue weighted by molar-refractivity contribution is 6.04. The predicted molar refractivity (Wildman–Crippen MR) is 94.5 cm³/mol. The Hall–Kier alpha value is -3.16. The third kappa shape index (κ3) is 2.83. The number of aromatic amines is 1. The largest absolute Gasteiger partial charge is 0.332 e. The van der Waals surface area contributed by atoms with E-state index in [0.717, 1.165) is 29.9 Å². The van der Waals surface area contributed by atoms with Gasteiger partial charge in [0.15, 0.2) is 0 Å². The fourth-order valence-electron chi connectivity index (χ4n) is 3.36. The van der Waals surface area contributed by atoms with E-state index in [9.17, 15) is 14.4 Å². The summed E-state index contributed by atoms with van der Waals surface area (Å²) in [6, 6.07) is 6.98. The zero-order valence-electron chi connectivity index (χ0n) is 14.4. The Bertz CT molecular complexity index is 887. The molecule has 1 aromatic heterocycles. The first-order chi connectivity index (χ1) is 12.5. The Kier molecular flexibility index (Phi) is 3.95. The van der Waals surface area contributed by atoms with Crippen molar-refractivity contribution in [3.8, 4) is 0 Å². The third-order valence-corrected chi connectivity index (χ3v) is 4.84. The molecular formula is C18H19N5O3. The van der Waals surface area contributed by atoms with E-state index in [2.05, 4.69) is 15.5 Å². The van der Waals surface area contributed by atoms with Crippen LogP contribution in [0.5, 0.6) is 0 Å². The normalized spacial score (nSPS) is 16.1. The summed E-state index contributed by atoms with van der Waals surface area (Å²) >= 11 is 0. The van der Waals surface area contributed by atoms with Crippen molar-refractivity contribution >= 4 is 29.2 Å². The summed E-state index contributed by atoms with van der Waals surface area (Å²) < 4.78 is 0. The van der Waals surface area contributed by atoms with Crippen LogP contribution in [0.15, 0.2) is 24.3 Å². The molecule has 26 heavy (non-hydrogen) atoms. The van der Waals surface area contributed by atoms with Gasteiger partial charge in [-0.1, -0.05) is 0 Å². The van der Waals surface area contributed by atoms with E-state index in [1.54, 1.807) is 34.1 Å². The standard InChI is InChI=1S/C18H19N5O3/c1-11(24)22-9-14-15(10-22)20-21-17(14)19-18(26)12-4-6-13(7-5-12)23-8-2-3-16(23)25/h4-7H,2-3,8-10H2,1H3,(H2,19,20,21,26). The number of nitrogens with zero attached hydrogens (tertiary/aromatic N) is 3. The topological polar surface area (TPSA) is 98.4 Å². The molecule has 0 aliphatic carbocycles. The summed E-state index contributed by atoms with van der Waals surface area (Å²) in [5.74, 6) is 0.349. The number of anilines is 2. The fraction of sp³-hybridized carbons (Fsp3) is 0.333. The van der Waals surface area contributed by atoms with Crippen molar-refractivity contribution in [2.45, 2.75) is 32.9 Å². The van der Waals surface area contributed by atoms with E-state index in [-0.39, 0.29) is 17.7 Å². The van der Waals surface area contributed by atoms with Crippen LogP contribution in [0.3, 0.4) is 0 Å². The number of rotatable bonds is 3. The lowest BCUT2D eigenvalue weighted by Crippen LogP contribution is -2.24. The molecule has 0 unspecified atom stereocenters. The Morgan fingerprint density at radius 1 is 1.19 bits per heavy atom. The Labute approximate surface area is 150 Å². The van der Waals surface area contributed by atoms with Gasteiger partial charge in [-0.25, -0.2) is 0 Å². The van der Waals surface area contributed by atoms with E-state index in [1.165, 1.54) is 6.92 Å². The van der Waals surface area contributed by atoms with Crippen molar-refractivity contribution < 1.29 is 14.4 Å². The lowest BCUT2D eigenvalue weighted by molar-refractivity contribution is -0.129. The average Bonchev–Trinajstić information content (AvgIpc) is 3.32. The van der Waals surface area contributed by atoms with Crippen LogP contribution in [0.25, 0.3) is 0 Å². The maximum absolute atomic E-state index is 12.5. The van der Waals surface area contributed by atoms with Crippen LogP contribution in [0.1, 0.15) is 41.4 Å². The van der Waals surface area contributed by atoms with E-state index in [0.29, 0.717) is 30.9 Å². The number of hydrogen-bond donors (Lipinski definition) is 2. The van der Waals surface area contributed by atoms with Crippen molar-refractivity contribution in [1.82, 2.24) is 15.1 Å². The summed E-state index contributed by atoms with van der Waals surface area (Å²) in [5, 5.41) is 9.82. The molecule has 3 amide bonds. The van der Waals surface area contributed by atoms with Gasteiger partial charge in [-0.15, -0.1) is 0 Å². The molecule has 8 nitrogen and oxygen atoms in total. The first-order valence-electron chi connectivity index (χ1n) is 8.56. The van der Waals surface area contributed by atoms with Crippen molar-refractivity contribution in [2.75, 3.05) is 16.8 Å². The second-order valence-electron chi connectivity index (χ2n) is 6.55. The van der Waals surface area contributed by atoms with Crippen LogP contribution in [0, 0.1) is 0 Å². The van der Waals surface area contributed by atoms with Gasteiger partial charge in [0.05, 0.1) is 18.8 Å². The fourth-order valence-corrected chi connectivity index (χ4v) is 3.36. The van der Waals surface area contributed by atoms with E-state index < -0.39 is 0 Å². The number of amides is 3. The van der Waals surface area contributed by atoms with Gasteiger partial charge in [-0.3, -0.25) is 19.5 Å². The zero-order valence-corrected chi connectivity index (χ0v) is 14.4. The maximum atomic E-state index is 12.5. The average molecular weight is 353 g/mol. The SMILES string of the molecule is CC(=O)N1Cc2n[nH]c(NC(=O)c3ccc(N4CCCC4=O)cc3)c2C1. The molecule has 1 saturated heterocycles. The lowest BCUT2D eigenvalue weighted by atomic mass is 10.1. The summed E-state index contributed by atoms with van der Waals surface area (Å²) in [6.07, 6.45) is 1.44. The molecule has 8 heteroatoms. The number of carbonyl (C=O) groups is 3. The van der Waals surface area contributed by atoms with Gasteiger partial charge in [0.25, 0.3) is 5.91 Å². The molecule has 2 aliphatic heterocycles. The first-order valence-corrected chi connectivity index (χ1v) is 8.56. The first kappa shape index (κ1) is 16.3. The molecule has 0 spiro atoms. The van der Waals surface area contributed by atoms with Gasteiger partial charge in [0.1, 0.15) is 5.82 Å². The Morgan fingerprint density at radius 2 is 1.96 bits per heavy atom. The molecule has 2 aromatic rings. The molecule has 4 rings (SSSR count). The highest BCUT2D eigenvalue weighted by Crippen LogP contribution is 2.27. The smallest absolute Gasteiger partial charge is 0.256 e. The van der Waals surface area contributed by atoms with Crippen LogP contribution < -0.4 is 10.2 Å². The second kappa shape index (κ2) is 6.29. The van der Waals surface area contributed by atoms with Crippen molar-refractivity contribution in [3.63, 3.8) is 0 Å². The zero-order chi connectivity index (χ0) is 18.3. The van der Waals surface area contributed by atoms with Crippen LogP contribution in [0.4, 0.5) is 11.5 Å². The highest BCUT2D eigenvalue weighted by atomic mass is 16.2. The van der Waals surface area contributed by atoms with Crippen LogP contribution >= 0.6 is 0 Å². The number of benzene rings is 1. The minimum Gasteiger partial charge on any atom is -0.332 e. The van der Waals surface area contributed by atoms with Crippen LogP contribution in [-0.2, 0) is 22.7 Å². The van der Waals surface area contributed by atoms with Crippen LogP contribution in [-0.4, -0.2) is 39.4 Å².